The second-order valence-electron chi connectivity index (χ2n) is 3.50. The fourth-order valence-electron chi connectivity index (χ4n) is 1.34. The Labute approximate surface area is 79.6 Å². The van der Waals surface area contributed by atoms with Crippen LogP contribution in [-0.4, -0.2) is 17.8 Å². The van der Waals surface area contributed by atoms with E-state index in [4.69, 9.17) is 5.11 Å². The maximum absolute atomic E-state index is 9.13. The Hall–Kier alpha value is -1.02. The molecule has 0 amide bonds. The van der Waals surface area contributed by atoms with Crippen molar-refractivity contribution in [3.8, 4) is 0 Å². The van der Waals surface area contributed by atoms with E-state index in [-0.39, 0.29) is 6.10 Å². The van der Waals surface area contributed by atoms with Gasteiger partial charge in [-0.1, -0.05) is 18.2 Å². The molecule has 0 fully saturated rings. The van der Waals surface area contributed by atoms with Gasteiger partial charge in [0.1, 0.15) is 0 Å². The summed E-state index contributed by atoms with van der Waals surface area (Å²) in [6, 6.07) is 6.17. The van der Waals surface area contributed by atoms with Gasteiger partial charge in [0.15, 0.2) is 0 Å². The van der Waals surface area contributed by atoms with Crippen LogP contribution in [-0.2, 0) is 0 Å². The number of rotatable bonds is 3. The fraction of sp³-hybridized carbons (Fsp3) is 0.455. The lowest BCUT2D eigenvalue weighted by Gasteiger charge is -2.13. The van der Waals surface area contributed by atoms with Crippen LogP contribution in [0.4, 0.5) is 5.69 Å². The molecule has 1 aromatic carbocycles. The lowest BCUT2D eigenvalue weighted by Crippen LogP contribution is -2.16. The highest BCUT2D eigenvalue weighted by Crippen LogP contribution is 2.18. The minimum atomic E-state index is -0.306. The lowest BCUT2D eigenvalue weighted by molar-refractivity contribution is 0.208. The van der Waals surface area contributed by atoms with E-state index in [0.29, 0.717) is 6.54 Å². The standard InChI is InChI=1S/C11H17NO/c1-8-5-4-6-9(2)11(8)12-7-10(3)13/h4-6,10,12-13H,7H2,1-3H3. The van der Waals surface area contributed by atoms with E-state index in [9.17, 15) is 0 Å². The number of hydrogen-bond donors (Lipinski definition) is 2. The molecule has 0 saturated carbocycles. The average Bonchev–Trinajstić information content (AvgIpc) is 2.03. The Balaban J connectivity index is 2.75. The minimum Gasteiger partial charge on any atom is -0.392 e. The van der Waals surface area contributed by atoms with Crippen LogP contribution in [0.5, 0.6) is 0 Å². The zero-order chi connectivity index (χ0) is 9.84. The molecule has 0 radical (unpaired) electrons. The van der Waals surface area contributed by atoms with E-state index in [1.165, 1.54) is 11.1 Å². The van der Waals surface area contributed by atoms with Crippen molar-refractivity contribution in [1.29, 1.82) is 0 Å². The van der Waals surface area contributed by atoms with Gasteiger partial charge in [-0.15, -0.1) is 0 Å². The normalized spacial score (nSPS) is 12.6. The van der Waals surface area contributed by atoms with E-state index < -0.39 is 0 Å². The van der Waals surface area contributed by atoms with Crippen molar-refractivity contribution in [2.45, 2.75) is 26.9 Å². The van der Waals surface area contributed by atoms with Crippen LogP contribution in [0.1, 0.15) is 18.1 Å². The van der Waals surface area contributed by atoms with Crippen molar-refractivity contribution < 1.29 is 5.11 Å². The van der Waals surface area contributed by atoms with Crippen LogP contribution >= 0.6 is 0 Å². The Morgan fingerprint density at radius 3 is 2.31 bits per heavy atom. The molecule has 0 saturated heterocycles. The van der Waals surface area contributed by atoms with E-state index >= 15 is 0 Å². The van der Waals surface area contributed by atoms with Gasteiger partial charge in [-0.05, 0) is 31.9 Å². The molecule has 1 aromatic rings. The lowest BCUT2D eigenvalue weighted by atomic mass is 10.1. The number of hydrogen-bond acceptors (Lipinski definition) is 2. The Bertz CT molecular complexity index is 261. The molecule has 13 heavy (non-hydrogen) atoms. The monoisotopic (exact) mass is 179 g/mol. The SMILES string of the molecule is Cc1cccc(C)c1NCC(C)O. The van der Waals surface area contributed by atoms with Crippen molar-refractivity contribution >= 4 is 5.69 Å². The Morgan fingerprint density at radius 2 is 1.85 bits per heavy atom. The number of nitrogens with one attached hydrogen (secondary N) is 1. The van der Waals surface area contributed by atoms with Gasteiger partial charge in [0, 0.05) is 12.2 Å². The van der Waals surface area contributed by atoms with Gasteiger partial charge in [0.25, 0.3) is 0 Å². The van der Waals surface area contributed by atoms with E-state index in [2.05, 4.69) is 31.3 Å². The second kappa shape index (κ2) is 4.28. The summed E-state index contributed by atoms with van der Waals surface area (Å²) in [5.41, 5.74) is 3.59. The number of benzene rings is 1. The Kier molecular flexibility index (Phi) is 3.32. The highest BCUT2D eigenvalue weighted by atomic mass is 16.3. The summed E-state index contributed by atoms with van der Waals surface area (Å²) in [6.45, 7) is 6.51. The maximum atomic E-state index is 9.13. The third-order valence-electron chi connectivity index (χ3n) is 2.06. The van der Waals surface area contributed by atoms with Crippen molar-refractivity contribution in [3.05, 3.63) is 29.3 Å². The molecular weight excluding hydrogens is 162 g/mol. The molecule has 0 aromatic heterocycles. The molecule has 2 nitrogen and oxygen atoms in total. The van der Waals surface area contributed by atoms with E-state index in [0.717, 1.165) is 5.69 Å². The molecule has 72 valence electrons. The molecule has 1 unspecified atom stereocenters. The van der Waals surface area contributed by atoms with Gasteiger partial charge >= 0.3 is 0 Å². The Morgan fingerprint density at radius 1 is 1.31 bits per heavy atom. The van der Waals surface area contributed by atoms with Crippen LogP contribution in [0.2, 0.25) is 0 Å². The molecular formula is C11H17NO. The third kappa shape index (κ3) is 2.74. The number of para-hydroxylation sites is 1. The van der Waals surface area contributed by atoms with Gasteiger partial charge in [-0.2, -0.15) is 0 Å². The second-order valence-corrected chi connectivity index (χ2v) is 3.50. The molecule has 0 aliphatic carbocycles. The molecule has 1 rings (SSSR count). The zero-order valence-electron chi connectivity index (χ0n) is 8.46. The summed E-state index contributed by atoms with van der Waals surface area (Å²) in [4.78, 5) is 0. The first kappa shape index (κ1) is 10.1. The quantitative estimate of drug-likeness (QED) is 0.744. The highest BCUT2D eigenvalue weighted by Gasteiger charge is 2.01. The number of aliphatic hydroxyl groups is 1. The van der Waals surface area contributed by atoms with Gasteiger partial charge in [0.2, 0.25) is 0 Å². The molecule has 1 atom stereocenters. The topological polar surface area (TPSA) is 32.3 Å². The van der Waals surface area contributed by atoms with Crippen molar-refractivity contribution in [2.24, 2.45) is 0 Å². The van der Waals surface area contributed by atoms with Crippen LogP contribution in [0.25, 0.3) is 0 Å². The van der Waals surface area contributed by atoms with Crippen LogP contribution in [0.15, 0.2) is 18.2 Å². The van der Waals surface area contributed by atoms with Crippen LogP contribution in [0, 0.1) is 13.8 Å². The summed E-state index contributed by atoms with van der Waals surface area (Å²) in [5.74, 6) is 0. The average molecular weight is 179 g/mol. The number of aryl methyl sites for hydroxylation is 2. The maximum Gasteiger partial charge on any atom is 0.0684 e. The predicted octanol–water partition coefficient (Wildman–Crippen LogP) is 2.10. The summed E-state index contributed by atoms with van der Waals surface area (Å²) in [5, 5.41) is 12.4. The van der Waals surface area contributed by atoms with Gasteiger partial charge in [-0.25, -0.2) is 0 Å². The summed E-state index contributed by atoms with van der Waals surface area (Å²) >= 11 is 0. The minimum absolute atomic E-state index is 0.306. The zero-order valence-corrected chi connectivity index (χ0v) is 8.46. The van der Waals surface area contributed by atoms with Crippen LogP contribution in [0.3, 0.4) is 0 Å². The summed E-state index contributed by atoms with van der Waals surface area (Å²) < 4.78 is 0. The van der Waals surface area contributed by atoms with Gasteiger partial charge in [0.05, 0.1) is 6.10 Å². The van der Waals surface area contributed by atoms with Crippen molar-refractivity contribution in [1.82, 2.24) is 0 Å². The van der Waals surface area contributed by atoms with Crippen LogP contribution < -0.4 is 5.32 Å². The third-order valence-corrected chi connectivity index (χ3v) is 2.06. The molecule has 2 N–H and O–H groups in total. The first-order valence-corrected chi connectivity index (χ1v) is 4.59. The largest absolute Gasteiger partial charge is 0.392 e. The fourth-order valence-corrected chi connectivity index (χ4v) is 1.34. The summed E-state index contributed by atoms with van der Waals surface area (Å²) in [6.07, 6.45) is -0.306. The van der Waals surface area contributed by atoms with E-state index in [1.54, 1.807) is 6.92 Å². The van der Waals surface area contributed by atoms with Crippen molar-refractivity contribution in [3.63, 3.8) is 0 Å². The number of aliphatic hydroxyl groups excluding tert-OH is 1. The van der Waals surface area contributed by atoms with E-state index in [1.807, 2.05) is 6.07 Å². The first-order valence-electron chi connectivity index (χ1n) is 4.59. The van der Waals surface area contributed by atoms with Crippen molar-refractivity contribution in [2.75, 3.05) is 11.9 Å². The van der Waals surface area contributed by atoms with Gasteiger partial charge < -0.3 is 10.4 Å². The molecule has 0 spiro atoms. The molecule has 0 aliphatic heterocycles. The molecule has 2 heteroatoms. The number of anilines is 1. The summed E-state index contributed by atoms with van der Waals surface area (Å²) in [7, 11) is 0. The highest BCUT2D eigenvalue weighted by molar-refractivity contribution is 5.56. The molecule has 0 aliphatic rings. The smallest absolute Gasteiger partial charge is 0.0684 e. The molecule has 0 heterocycles. The predicted molar refractivity (Wildman–Crippen MR) is 56.1 cm³/mol. The first-order chi connectivity index (χ1) is 6.11. The molecule has 0 bridgehead atoms. The van der Waals surface area contributed by atoms with Gasteiger partial charge in [-0.3, -0.25) is 0 Å².